The number of amidine groups is 1. The molecule has 2 saturated heterocycles. The molecule has 0 aromatic carbocycles. The van der Waals surface area contributed by atoms with Crippen molar-refractivity contribution in [3.63, 3.8) is 0 Å². The van der Waals surface area contributed by atoms with Gasteiger partial charge in [-0.2, -0.15) is 0 Å². The molecule has 111 valence electrons. The second-order valence-corrected chi connectivity index (χ2v) is 6.84. The molecule has 3 heterocycles. The summed E-state index contributed by atoms with van der Waals surface area (Å²) >= 11 is 3.10. The van der Waals surface area contributed by atoms with Gasteiger partial charge in [0.15, 0.2) is 0 Å². The molecule has 0 amide bonds. The summed E-state index contributed by atoms with van der Waals surface area (Å²) in [5, 5.41) is 8.74. The van der Waals surface area contributed by atoms with Gasteiger partial charge in [0.1, 0.15) is 0 Å². The van der Waals surface area contributed by atoms with E-state index in [1.165, 1.54) is 25.7 Å². The Morgan fingerprint density at radius 1 is 1.14 bits per heavy atom. The first-order valence-electron chi connectivity index (χ1n) is 7.68. The number of nitrogens with zero attached hydrogens (tertiary/aromatic N) is 4. The molecule has 3 fully saturated rings. The van der Waals surface area contributed by atoms with Crippen LogP contribution in [0.2, 0.25) is 0 Å². The topological polar surface area (TPSA) is 40.9 Å². The zero-order chi connectivity index (χ0) is 14.7. The van der Waals surface area contributed by atoms with Crippen molar-refractivity contribution in [2.45, 2.75) is 32.6 Å². The Morgan fingerprint density at radius 3 is 2.38 bits per heavy atom. The molecule has 0 spiro atoms. The van der Waals surface area contributed by atoms with E-state index in [0.29, 0.717) is 0 Å². The molecule has 3 aliphatic rings. The van der Waals surface area contributed by atoms with Gasteiger partial charge in [-0.05, 0) is 0 Å². The minimum atomic E-state index is 0.836. The number of fused-ring (bicyclic) bond motifs is 4. The summed E-state index contributed by atoms with van der Waals surface area (Å²) in [4.78, 5) is 6.67. The maximum absolute atomic E-state index is 4.40. The molecule has 0 unspecified atom stereocenters. The van der Waals surface area contributed by atoms with Crippen molar-refractivity contribution in [1.82, 2.24) is 9.88 Å². The van der Waals surface area contributed by atoms with E-state index in [0.717, 1.165) is 41.1 Å². The van der Waals surface area contributed by atoms with Gasteiger partial charge in [-0.15, -0.1) is 0 Å². The molecule has 1 aliphatic carbocycles. The van der Waals surface area contributed by atoms with E-state index in [1.54, 1.807) is 6.20 Å². The normalized spacial score (nSPS) is 26.8. The number of rotatable bonds is 2. The molecule has 1 saturated carbocycles. The SMILES string of the molecule is CC(=NN=C([Se])N1CC2CCC(CC2)C1)c1ccccn1. The van der Waals surface area contributed by atoms with E-state index in [4.69, 9.17) is 0 Å². The van der Waals surface area contributed by atoms with Crippen LogP contribution >= 0.6 is 0 Å². The molecule has 1 radical (unpaired) electrons. The molecular formula is C16H21N4Se. The molecule has 0 N–H and O–H groups in total. The Morgan fingerprint density at radius 2 is 1.81 bits per heavy atom. The van der Waals surface area contributed by atoms with Crippen LogP contribution in [0.1, 0.15) is 38.3 Å². The van der Waals surface area contributed by atoms with Crippen molar-refractivity contribution in [3.05, 3.63) is 30.1 Å². The number of hydrogen-bond acceptors (Lipinski definition) is 3. The van der Waals surface area contributed by atoms with E-state index in [1.807, 2.05) is 25.1 Å². The average Bonchev–Trinajstić information content (AvgIpc) is 2.87. The van der Waals surface area contributed by atoms with Crippen LogP contribution in [0.4, 0.5) is 0 Å². The monoisotopic (exact) mass is 349 g/mol. The first-order valence-corrected chi connectivity index (χ1v) is 8.53. The molecular weight excluding hydrogens is 327 g/mol. The first-order chi connectivity index (χ1) is 10.2. The second-order valence-electron chi connectivity index (χ2n) is 6.07. The predicted molar refractivity (Wildman–Crippen MR) is 86.7 cm³/mol. The summed E-state index contributed by atoms with van der Waals surface area (Å²) in [5.41, 5.74) is 1.73. The van der Waals surface area contributed by atoms with E-state index in [9.17, 15) is 0 Å². The summed E-state index contributed by atoms with van der Waals surface area (Å²) in [7, 11) is 0. The molecule has 0 atom stereocenters. The van der Waals surface area contributed by atoms with Gasteiger partial charge in [-0.3, -0.25) is 0 Å². The molecule has 1 aromatic rings. The van der Waals surface area contributed by atoms with Gasteiger partial charge in [0, 0.05) is 0 Å². The van der Waals surface area contributed by atoms with Gasteiger partial charge in [0.2, 0.25) is 0 Å². The quantitative estimate of drug-likeness (QED) is 0.357. The van der Waals surface area contributed by atoms with Gasteiger partial charge in [-0.1, -0.05) is 0 Å². The molecule has 1 aromatic heterocycles. The van der Waals surface area contributed by atoms with Crippen LogP contribution in [0.3, 0.4) is 0 Å². The molecule has 2 bridgehead atoms. The Bertz CT molecular complexity index is 518. The van der Waals surface area contributed by atoms with Crippen molar-refractivity contribution in [2.75, 3.05) is 13.1 Å². The van der Waals surface area contributed by atoms with Crippen molar-refractivity contribution < 1.29 is 0 Å². The number of pyridine rings is 1. The second kappa shape index (κ2) is 6.71. The van der Waals surface area contributed by atoms with Crippen LogP contribution < -0.4 is 0 Å². The zero-order valence-corrected chi connectivity index (χ0v) is 14.1. The average molecular weight is 348 g/mol. The Hall–Kier alpha value is -1.19. The minimum absolute atomic E-state index is 0.836. The van der Waals surface area contributed by atoms with Gasteiger partial charge in [0.05, 0.1) is 0 Å². The van der Waals surface area contributed by atoms with Crippen LogP contribution in [0.15, 0.2) is 34.6 Å². The van der Waals surface area contributed by atoms with Gasteiger partial charge in [0.25, 0.3) is 0 Å². The van der Waals surface area contributed by atoms with Crippen molar-refractivity contribution >= 4 is 26.5 Å². The van der Waals surface area contributed by atoms with Crippen LogP contribution in [0, 0.1) is 11.8 Å². The fraction of sp³-hybridized carbons (Fsp3) is 0.562. The van der Waals surface area contributed by atoms with E-state index in [2.05, 4.69) is 36.1 Å². The molecule has 4 nitrogen and oxygen atoms in total. The van der Waals surface area contributed by atoms with Crippen molar-refractivity contribution in [1.29, 1.82) is 0 Å². The summed E-state index contributed by atoms with van der Waals surface area (Å²) in [6.45, 7) is 4.20. The summed E-state index contributed by atoms with van der Waals surface area (Å²) in [6.07, 6.45) is 7.30. The molecule has 2 aliphatic heterocycles. The summed E-state index contributed by atoms with van der Waals surface area (Å²) in [6, 6.07) is 5.84. The Kier molecular flexibility index (Phi) is 4.71. The molecule has 5 heteroatoms. The van der Waals surface area contributed by atoms with Crippen LogP contribution in [-0.4, -0.2) is 49.4 Å². The third-order valence-corrected chi connectivity index (χ3v) is 5.23. The number of hydrogen-bond donors (Lipinski definition) is 0. The van der Waals surface area contributed by atoms with Gasteiger partial charge < -0.3 is 0 Å². The van der Waals surface area contributed by atoms with E-state index >= 15 is 0 Å². The van der Waals surface area contributed by atoms with Gasteiger partial charge in [-0.25, -0.2) is 0 Å². The fourth-order valence-corrected chi connectivity index (χ4v) is 3.66. The van der Waals surface area contributed by atoms with Crippen LogP contribution in [0.25, 0.3) is 0 Å². The standard InChI is InChI=1S/C16H21N4Se/c1-12(15-4-2-3-9-17-15)18-19-16(21)20-10-13-5-6-14(11-20)8-7-13/h2-4,9,13-14H,5-8,10-11H2,1H3. The summed E-state index contributed by atoms with van der Waals surface area (Å²) < 4.78 is 0.920. The van der Waals surface area contributed by atoms with Gasteiger partial charge >= 0.3 is 134 Å². The Labute approximate surface area is 134 Å². The predicted octanol–water partition coefficient (Wildman–Crippen LogP) is 2.45. The van der Waals surface area contributed by atoms with E-state index < -0.39 is 0 Å². The van der Waals surface area contributed by atoms with E-state index in [-0.39, 0.29) is 0 Å². The van der Waals surface area contributed by atoms with Crippen molar-refractivity contribution in [3.8, 4) is 0 Å². The third kappa shape index (κ3) is 3.72. The van der Waals surface area contributed by atoms with Crippen molar-refractivity contribution in [2.24, 2.45) is 22.0 Å². The summed E-state index contributed by atoms with van der Waals surface area (Å²) in [5.74, 6) is 1.67. The molecule has 4 rings (SSSR count). The van der Waals surface area contributed by atoms with Crippen LogP contribution in [-0.2, 0) is 0 Å². The maximum atomic E-state index is 4.40. The number of aromatic nitrogens is 1. The Balaban J connectivity index is 1.71. The third-order valence-electron chi connectivity index (χ3n) is 4.52. The zero-order valence-electron chi connectivity index (χ0n) is 12.4. The van der Waals surface area contributed by atoms with Crippen LogP contribution in [0.5, 0.6) is 0 Å². The first kappa shape index (κ1) is 14.7. The molecule has 21 heavy (non-hydrogen) atoms. The fourth-order valence-electron chi connectivity index (χ4n) is 3.26.